The van der Waals surface area contributed by atoms with Crippen LogP contribution in [0.3, 0.4) is 0 Å². The zero-order valence-electron chi connectivity index (χ0n) is 12.0. The number of rotatable bonds is 3. The van der Waals surface area contributed by atoms with E-state index in [1.807, 2.05) is 36.4 Å². The van der Waals surface area contributed by atoms with Crippen molar-refractivity contribution >= 4 is 29.1 Å². The molecule has 3 rings (SSSR count). The van der Waals surface area contributed by atoms with Crippen LogP contribution in [0.4, 0.5) is 5.69 Å². The predicted molar refractivity (Wildman–Crippen MR) is 85.6 cm³/mol. The maximum Gasteiger partial charge on any atom is 0.254 e. The third-order valence-corrected chi connectivity index (χ3v) is 3.87. The van der Waals surface area contributed by atoms with E-state index in [2.05, 4.69) is 5.32 Å². The molecule has 0 fully saturated rings. The standard InChI is InChI=1S/C17H15ClN2O2/c1-11(21)19-16-14-9-13(18)7-8-15(14)20(17(16)22)10-12-5-3-2-4-6-12/h2-9,16H,10H2,1H3,(H,19,21). The number of nitrogens with one attached hydrogen (secondary N) is 1. The van der Waals surface area contributed by atoms with Crippen molar-refractivity contribution in [2.45, 2.75) is 19.5 Å². The number of halogens is 1. The molecule has 0 radical (unpaired) electrons. The minimum absolute atomic E-state index is 0.142. The highest BCUT2D eigenvalue weighted by molar-refractivity contribution is 6.31. The number of amides is 2. The maximum absolute atomic E-state index is 12.7. The molecular formula is C17H15ClN2O2. The van der Waals surface area contributed by atoms with E-state index < -0.39 is 6.04 Å². The van der Waals surface area contributed by atoms with Gasteiger partial charge in [-0.15, -0.1) is 0 Å². The third-order valence-electron chi connectivity index (χ3n) is 3.64. The minimum Gasteiger partial charge on any atom is -0.341 e. The molecule has 0 aromatic heterocycles. The van der Waals surface area contributed by atoms with Crippen LogP contribution in [0.1, 0.15) is 24.1 Å². The number of carbonyl (C=O) groups is 2. The fraction of sp³-hybridized carbons (Fsp3) is 0.176. The highest BCUT2D eigenvalue weighted by atomic mass is 35.5. The second kappa shape index (κ2) is 5.81. The van der Waals surface area contributed by atoms with Gasteiger partial charge in [0.15, 0.2) is 0 Å². The van der Waals surface area contributed by atoms with Gasteiger partial charge in [-0.2, -0.15) is 0 Å². The molecule has 2 aromatic rings. The van der Waals surface area contributed by atoms with Gasteiger partial charge in [0.25, 0.3) is 5.91 Å². The number of hydrogen-bond acceptors (Lipinski definition) is 2. The van der Waals surface area contributed by atoms with Gasteiger partial charge in [-0.25, -0.2) is 0 Å². The Balaban J connectivity index is 1.98. The number of anilines is 1. The highest BCUT2D eigenvalue weighted by Crippen LogP contribution is 2.38. The van der Waals surface area contributed by atoms with Crippen molar-refractivity contribution in [3.63, 3.8) is 0 Å². The molecule has 1 heterocycles. The summed E-state index contributed by atoms with van der Waals surface area (Å²) in [6.07, 6.45) is 0. The van der Waals surface area contributed by atoms with E-state index in [4.69, 9.17) is 11.6 Å². The summed E-state index contributed by atoms with van der Waals surface area (Å²) >= 11 is 6.04. The van der Waals surface area contributed by atoms with Crippen LogP contribution >= 0.6 is 11.6 Å². The molecule has 4 nitrogen and oxygen atoms in total. The van der Waals surface area contributed by atoms with Crippen LogP contribution in [-0.2, 0) is 16.1 Å². The first-order valence-electron chi connectivity index (χ1n) is 6.98. The van der Waals surface area contributed by atoms with Crippen molar-refractivity contribution < 1.29 is 9.59 Å². The molecule has 1 atom stereocenters. The largest absolute Gasteiger partial charge is 0.341 e. The van der Waals surface area contributed by atoms with Crippen molar-refractivity contribution in [2.24, 2.45) is 0 Å². The Morgan fingerprint density at radius 1 is 1.23 bits per heavy atom. The molecule has 0 saturated heterocycles. The highest BCUT2D eigenvalue weighted by Gasteiger charge is 2.37. The van der Waals surface area contributed by atoms with Gasteiger partial charge in [-0.3, -0.25) is 9.59 Å². The lowest BCUT2D eigenvalue weighted by molar-refractivity contribution is -0.126. The molecule has 1 aliphatic heterocycles. The van der Waals surface area contributed by atoms with Crippen molar-refractivity contribution in [1.82, 2.24) is 5.32 Å². The van der Waals surface area contributed by atoms with Crippen LogP contribution in [0, 0.1) is 0 Å². The van der Waals surface area contributed by atoms with E-state index in [1.54, 1.807) is 17.0 Å². The molecule has 1 N–H and O–H groups in total. The van der Waals surface area contributed by atoms with Crippen molar-refractivity contribution in [3.8, 4) is 0 Å². The van der Waals surface area contributed by atoms with E-state index in [0.29, 0.717) is 11.6 Å². The molecule has 2 aromatic carbocycles. The fourth-order valence-corrected chi connectivity index (χ4v) is 2.86. The second-order valence-electron chi connectivity index (χ2n) is 5.25. The summed E-state index contributed by atoms with van der Waals surface area (Å²) in [6.45, 7) is 1.86. The van der Waals surface area contributed by atoms with Gasteiger partial charge in [-0.1, -0.05) is 41.9 Å². The smallest absolute Gasteiger partial charge is 0.254 e. The Hall–Kier alpha value is -2.33. The normalized spacial score (nSPS) is 16.5. The molecule has 0 saturated carbocycles. The van der Waals surface area contributed by atoms with E-state index in [0.717, 1.165) is 16.8 Å². The molecule has 1 unspecified atom stereocenters. The number of carbonyl (C=O) groups excluding carboxylic acids is 2. The Morgan fingerprint density at radius 2 is 1.95 bits per heavy atom. The van der Waals surface area contributed by atoms with Crippen molar-refractivity contribution in [3.05, 3.63) is 64.7 Å². The van der Waals surface area contributed by atoms with Crippen molar-refractivity contribution in [2.75, 3.05) is 4.90 Å². The molecule has 1 aliphatic rings. The molecule has 0 bridgehead atoms. The first-order chi connectivity index (χ1) is 10.6. The Labute approximate surface area is 133 Å². The van der Waals surface area contributed by atoms with E-state index in [-0.39, 0.29) is 11.8 Å². The first-order valence-corrected chi connectivity index (χ1v) is 7.36. The second-order valence-corrected chi connectivity index (χ2v) is 5.68. The molecule has 0 aliphatic carbocycles. The van der Waals surface area contributed by atoms with Crippen LogP contribution in [0.2, 0.25) is 5.02 Å². The Kier molecular flexibility index (Phi) is 3.86. The van der Waals surface area contributed by atoms with Gasteiger partial charge in [0.05, 0.1) is 6.54 Å². The quantitative estimate of drug-likeness (QED) is 0.946. The lowest BCUT2D eigenvalue weighted by atomic mass is 10.1. The summed E-state index contributed by atoms with van der Waals surface area (Å²) in [5.74, 6) is -0.387. The van der Waals surface area contributed by atoms with Gasteiger partial charge in [0.1, 0.15) is 6.04 Å². The van der Waals surface area contributed by atoms with Gasteiger partial charge in [0, 0.05) is 23.2 Å². The third kappa shape index (κ3) is 2.70. The topological polar surface area (TPSA) is 49.4 Å². The van der Waals surface area contributed by atoms with Crippen LogP contribution in [0.15, 0.2) is 48.5 Å². The molecular weight excluding hydrogens is 300 g/mol. The molecule has 2 amide bonds. The number of benzene rings is 2. The lowest BCUT2D eigenvalue weighted by Crippen LogP contribution is -2.36. The minimum atomic E-state index is -0.671. The van der Waals surface area contributed by atoms with Crippen LogP contribution < -0.4 is 10.2 Å². The summed E-state index contributed by atoms with van der Waals surface area (Å²) in [7, 11) is 0. The zero-order chi connectivity index (χ0) is 15.7. The van der Waals surface area contributed by atoms with Crippen molar-refractivity contribution in [1.29, 1.82) is 0 Å². The van der Waals surface area contributed by atoms with E-state index in [9.17, 15) is 9.59 Å². The summed E-state index contributed by atoms with van der Waals surface area (Å²) in [5.41, 5.74) is 2.56. The summed E-state index contributed by atoms with van der Waals surface area (Å²) in [6, 6.07) is 14.4. The Morgan fingerprint density at radius 3 is 2.64 bits per heavy atom. The van der Waals surface area contributed by atoms with Gasteiger partial charge < -0.3 is 10.2 Å². The Bertz CT molecular complexity index is 731. The van der Waals surface area contributed by atoms with Crippen LogP contribution in [0.25, 0.3) is 0 Å². The molecule has 0 spiro atoms. The van der Waals surface area contributed by atoms with E-state index in [1.165, 1.54) is 6.92 Å². The maximum atomic E-state index is 12.7. The van der Waals surface area contributed by atoms with Gasteiger partial charge in [-0.05, 0) is 23.8 Å². The molecule has 22 heavy (non-hydrogen) atoms. The SMILES string of the molecule is CC(=O)NC1C(=O)N(Cc2ccccc2)c2ccc(Cl)cc21. The van der Waals surface area contributed by atoms with Gasteiger partial charge in [0.2, 0.25) is 5.91 Å². The average molecular weight is 315 g/mol. The van der Waals surface area contributed by atoms with Crippen LogP contribution in [-0.4, -0.2) is 11.8 Å². The summed E-state index contributed by atoms with van der Waals surface area (Å²) < 4.78 is 0. The lowest BCUT2D eigenvalue weighted by Gasteiger charge is -2.18. The average Bonchev–Trinajstić information content (AvgIpc) is 2.73. The monoisotopic (exact) mass is 314 g/mol. The van der Waals surface area contributed by atoms with Gasteiger partial charge >= 0.3 is 0 Å². The summed E-state index contributed by atoms with van der Waals surface area (Å²) in [5, 5.41) is 3.25. The molecule has 112 valence electrons. The number of nitrogens with zero attached hydrogens (tertiary/aromatic N) is 1. The summed E-state index contributed by atoms with van der Waals surface area (Å²) in [4.78, 5) is 25.8. The first kappa shape index (κ1) is 14.6. The fourth-order valence-electron chi connectivity index (χ4n) is 2.68. The molecule has 5 heteroatoms. The van der Waals surface area contributed by atoms with E-state index >= 15 is 0 Å². The predicted octanol–water partition coefficient (Wildman–Crippen LogP) is 3.06. The van der Waals surface area contributed by atoms with Crippen LogP contribution in [0.5, 0.6) is 0 Å². The number of fused-ring (bicyclic) bond motifs is 1. The zero-order valence-corrected chi connectivity index (χ0v) is 12.8. The number of hydrogen-bond donors (Lipinski definition) is 1.